The molecular weight excluding hydrogens is 262 g/mol. The number of aliphatic hydroxyl groups is 1. The molecule has 102 valence electrons. The zero-order valence-electron chi connectivity index (χ0n) is 11.2. The predicted molar refractivity (Wildman–Crippen MR) is 75.2 cm³/mol. The van der Waals surface area contributed by atoms with Crippen molar-refractivity contribution in [2.24, 2.45) is 0 Å². The Balaban J connectivity index is 2.43. The van der Waals surface area contributed by atoms with Gasteiger partial charge in [-0.05, 0) is 30.0 Å². The molecule has 1 atom stereocenters. The third-order valence-corrected chi connectivity index (χ3v) is 3.44. The average molecular weight is 280 g/mol. The van der Waals surface area contributed by atoms with Crippen molar-refractivity contribution < 1.29 is 5.11 Å². The maximum Gasteiger partial charge on any atom is 0.123 e. The van der Waals surface area contributed by atoms with Crippen LogP contribution in [0.4, 0.5) is 0 Å². The summed E-state index contributed by atoms with van der Waals surface area (Å²) in [6.07, 6.45) is 6.05. The monoisotopic (exact) mass is 279 g/mol. The minimum Gasteiger partial charge on any atom is -0.382 e. The molecule has 0 saturated carbocycles. The van der Waals surface area contributed by atoms with Crippen molar-refractivity contribution in [2.75, 3.05) is 0 Å². The summed E-state index contributed by atoms with van der Waals surface area (Å²) in [6.45, 7) is 4.85. The van der Waals surface area contributed by atoms with Gasteiger partial charge < -0.3 is 5.11 Å². The molecule has 0 aromatic carbocycles. The van der Waals surface area contributed by atoms with Crippen LogP contribution in [0.15, 0.2) is 24.7 Å². The zero-order valence-corrected chi connectivity index (χ0v) is 11.9. The Morgan fingerprint density at radius 3 is 2.84 bits per heavy atom. The molecule has 0 spiro atoms. The van der Waals surface area contributed by atoms with Crippen molar-refractivity contribution in [3.05, 3.63) is 46.5 Å². The van der Waals surface area contributed by atoms with Gasteiger partial charge >= 0.3 is 0 Å². The second-order valence-electron chi connectivity index (χ2n) is 4.43. The lowest BCUT2D eigenvalue weighted by molar-refractivity contribution is 0.206. The summed E-state index contributed by atoms with van der Waals surface area (Å²) in [5, 5.41) is 15.3. The van der Waals surface area contributed by atoms with E-state index in [2.05, 4.69) is 17.0 Å². The summed E-state index contributed by atoms with van der Waals surface area (Å²) >= 11 is 6.16. The summed E-state index contributed by atoms with van der Waals surface area (Å²) in [5.41, 5.74) is 2.52. The molecule has 0 amide bonds. The van der Waals surface area contributed by atoms with Crippen LogP contribution in [-0.4, -0.2) is 19.9 Å². The Kier molecular flexibility index (Phi) is 4.56. The summed E-state index contributed by atoms with van der Waals surface area (Å²) in [7, 11) is 0. The van der Waals surface area contributed by atoms with E-state index in [1.807, 2.05) is 13.0 Å². The number of hydrogen-bond donors (Lipinski definition) is 1. The molecule has 1 unspecified atom stereocenters. The highest BCUT2D eigenvalue weighted by atomic mass is 35.5. The first kappa shape index (κ1) is 14.0. The highest BCUT2D eigenvalue weighted by Gasteiger charge is 2.21. The molecule has 0 aliphatic rings. The average Bonchev–Trinajstić information content (AvgIpc) is 2.79. The standard InChI is InChI=1S/C14H18ClN3O/c1-3-7-18-13(12(15)9-17-18)14(19)11-5-6-16-8-10(11)4-2/h5-6,8-9,14,19H,3-4,7H2,1-2H3. The van der Waals surface area contributed by atoms with Gasteiger partial charge in [0.2, 0.25) is 0 Å². The fourth-order valence-electron chi connectivity index (χ4n) is 2.18. The third kappa shape index (κ3) is 2.80. The van der Waals surface area contributed by atoms with Gasteiger partial charge in [0.05, 0.1) is 16.9 Å². The molecule has 2 rings (SSSR count). The molecule has 5 heteroatoms. The molecule has 2 aromatic rings. The van der Waals surface area contributed by atoms with Crippen LogP contribution in [0, 0.1) is 0 Å². The van der Waals surface area contributed by atoms with E-state index >= 15 is 0 Å². The minimum absolute atomic E-state index is 0.500. The van der Waals surface area contributed by atoms with E-state index in [0.717, 1.165) is 30.5 Å². The van der Waals surface area contributed by atoms with E-state index in [1.54, 1.807) is 23.3 Å². The molecule has 0 radical (unpaired) electrons. The SMILES string of the molecule is CCCn1ncc(Cl)c1C(O)c1ccncc1CC. The van der Waals surface area contributed by atoms with Gasteiger partial charge in [-0.25, -0.2) is 0 Å². The second-order valence-corrected chi connectivity index (χ2v) is 4.84. The number of hydrogen-bond acceptors (Lipinski definition) is 3. The molecular formula is C14H18ClN3O. The van der Waals surface area contributed by atoms with Crippen molar-refractivity contribution in [2.45, 2.75) is 39.3 Å². The predicted octanol–water partition coefficient (Wildman–Crippen LogP) is 2.99. The number of aliphatic hydroxyl groups excluding tert-OH is 1. The maximum absolute atomic E-state index is 10.6. The Morgan fingerprint density at radius 2 is 2.16 bits per heavy atom. The third-order valence-electron chi connectivity index (χ3n) is 3.14. The molecule has 2 heterocycles. The number of halogens is 1. The number of pyridine rings is 1. The lowest BCUT2D eigenvalue weighted by Gasteiger charge is -2.16. The van der Waals surface area contributed by atoms with Gasteiger partial charge in [-0.1, -0.05) is 25.4 Å². The first-order valence-corrected chi connectivity index (χ1v) is 6.88. The summed E-state index contributed by atoms with van der Waals surface area (Å²) < 4.78 is 1.77. The van der Waals surface area contributed by atoms with Crippen LogP contribution in [0.5, 0.6) is 0 Å². The van der Waals surface area contributed by atoms with Crippen LogP contribution in [0.3, 0.4) is 0 Å². The molecule has 2 aromatic heterocycles. The van der Waals surface area contributed by atoms with Crippen LogP contribution >= 0.6 is 11.6 Å². The van der Waals surface area contributed by atoms with Crippen molar-refractivity contribution in [1.29, 1.82) is 0 Å². The zero-order chi connectivity index (χ0) is 13.8. The molecule has 0 bridgehead atoms. The van der Waals surface area contributed by atoms with Crippen LogP contribution < -0.4 is 0 Å². The van der Waals surface area contributed by atoms with Crippen LogP contribution in [0.25, 0.3) is 0 Å². The van der Waals surface area contributed by atoms with Gasteiger partial charge in [0, 0.05) is 18.9 Å². The highest BCUT2D eigenvalue weighted by Crippen LogP contribution is 2.30. The van der Waals surface area contributed by atoms with E-state index in [1.165, 1.54) is 0 Å². The summed E-state index contributed by atoms with van der Waals surface area (Å²) in [4.78, 5) is 4.09. The van der Waals surface area contributed by atoms with Crippen molar-refractivity contribution >= 4 is 11.6 Å². The van der Waals surface area contributed by atoms with E-state index in [-0.39, 0.29) is 0 Å². The Bertz CT molecular complexity index is 553. The van der Waals surface area contributed by atoms with E-state index in [4.69, 9.17) is 11.6 Å². The number of aromatic nitrogens is 3. The Hall–Kier alpha value is -1.39. The summed E-state index contributed by atoms with van der Waals surface area (Å²) in [5.74, 6) is 0. The second kappa shape index (κ2) is 6.17. The van der Waals surface area contributed by atoms with Gasteiger partial charge in [0.1, 0.15) is 6.10 Å². The van der Waals surface area contributed by atoms with E-state index in [9.17, 15) is 5.11 Å². The smallest absolute Gasteiger partial charge is 0.123 e. The topological polar surface area (TPSA) is 50.9 Å². The first-order valence-electron chi connectivity index (χ1n) is 6.51. The number of rotatable bonds is 5. The van der Waals surface area contributed by atoms with Gasteiger partial charge in [-0.3, -0.25) is 9.67 Å². The number of aryl methyl sites for hydroxylation is 2. The van der Waals surface area contributed by atoms with Crippen molar-refractivity contribution in [3.8, 4) is 0 Å². The van der Waals surface area contributed by atoms with Gasteiger partial charge in [-0.2, -0.15) is 5.10 Å². The molecule has 19 heavy (non-hydrogen) atoms. The van der Waals surface area contributed by atoms with Crippen molar-refractivity contribution in [1.82, 2.24) is 14.8 Å². The van der Waals surface area contributed by atoms with E-state index in [0.29, 0.717) is 10.7 Å². The molecule has 0 fully saturated rings. The fraction of sp³-hybridized carbons (Fsp3) is 0.429. The van der Waals surface area contributed by atoms with Crippen molar-refractivity contribution in [3.63, 3.8) is 0 Å². The molecule has 0 aliphatic carbocycles. The molecule has 0 saturated heterocycles. The molecule has 4 nitrogen and oxygen atoms in total. The van der Waals surface area contributed by atoms with Crippen LogP contribution in [0.1, 0.15) is 43.2 Å². The molecule has 0 aliphatic heterocycles. The van der Waals surface area contributed by atoms with Gasteiger partial charge in [0.25, 0.3) is 0 Å². The highest BCUT2D eigenvalue weighted by molar-refractivity contribution is 6.31. The maximum atomic E-state index is 10.6. The first-order chi connectivity index (χ1) is 9.19. The Morgan fingerprint density at radius 1 is 1.37 bits per heavy atom. The van der Waals surface area contributed by atoms with Gasteiger partial charge in [-0.15, -0.1) is 0 Å². The largest absolute Gasteiger partial charge is 0.382 e. The van der Waals surface area contributed by atoms with E-state index < -0.39 is 6.10 Å². The lowest BCUT2D eigenvalue weighted by Crippen LogP contribution is -2.12. The van der Waals surface area contributed by atoms with Gasteiger partial charge in [0.15, 0.2) is 0 Å². The minimum atomic E-state index is -0.764. The fourth-order valence-corrected chi connectivity index (χ4v) is 2.43. The lowest BCUT2D eigenvalue weighted by atomic mass is 10.0. The Labute approximate surface area is 118 Å². The quantitative estimate of drug-likeness (QED) is 0.915. The number of nitrogens with zero attached hydrogens (tertiary/aromatic N) is 3. The van der Waals surface area contributed by atoms with Crippen LogP contribution in [0.2, 0.25) is 5.02 Å². The summed E-state index contributed by atoms with van der Waals surface area (Å²) in [6, 6.07) is 1.84. The van der Waals surface area contributed by atoms with Crippen LogP contribution in [-0.2, 0) is 13.0 Å². The molecule has 1 N–H and O–H groups in total. The normalized spacial score (nSPS) is 12.6.